The van der Waals surface area contributed by atoms with Crippen molar-refractivity contribution in [3.63, 3.8) is 0 Å². The van der Waals surface area contributed by atoms with Gasteiger partial charge < -0.3 is 23.7 Å². The number of esters is 1. The van der Waals surface area contributed by atoms with E-state index in [9.17, 15) is 4.79 Å². The molecule has 0 saturated carbocycles. The number of anilines is 1. The smallest absolute Gasteiger partial charge is 0.302 e. The zero-order valence-electron chi connectivity index (χ0n) is 28.5. The fourth-order valence-corrected chi connectivity index (χ4v) is 10.1. The molecule has 3 aromatic carbocycles. The van der Waals surface area contributed by atoms with E-state index in [1.165, 1.54) is 17.3 Å². The molecule has 0 fully saturated rings. The lowest BCUT2D eigenvalue weighted by atomic mass is 10.2. The molecule has 0 aromatic heterocycles. The molecule has 0 aliphatic rings. The molecular formula is C35H50N2O8Si. The maximum atomic E-state index is 11.3. The lowest BCUT2D eigenvalue weighted by Gasteiger charge is -2.43. The van der Waals surface area contributed by atoms with Gasteiger partial charge in [0.2, 0.25) is 1.43 Å². The molecule has 3 N–H and O–H groups in total. The van der Waals surface area contributed by atoms with Crippen molar-refractivity contribution in [2.75, 3.05) is 58.1 Å². The van der Waals surface area contributed by atoms with Crippen LogP contribution in [0.1, 0.15) is 46.1 Å². The predicted molar refractivity (Wildman–Crippen MR) is 182 cm³/mol. The van der Waals surface area contributed by atoms with Crippen LogP contribution in [0.5, 0.6) is 5.75 Å². The summed E-state index contributed by atoms with van der Waals surface area (Å²) in [5.41, 5.74) is 3.41. The second kappa shape index (κ2) is 19.4. The van der Waals surface area contributed by atoms with Crippen molar-refractivity contribution in [3.05, 3.63) is 84.4 Å². The van der Waals surface area contributed by atoms with Gasteiger partial charge in [-0.1, -0.05) is 81.4 Å². The summed E-state index contributed by atoms with van der Waals surface area (Å²) in [5, 5.41) is 15.6. The summed E-state index contributed by atoms with van der Waals surface area (Å²) in [7, 11) is -2.57. The van der Waals surface area contributed by atoms with Crippen molar-refractivity contribution in [1.82, 2.24) is 4.90 Å². The molecule has 11 heteroatoms. The molecule has 0 spiro atoms. The van der Waals surface area contributed by atoms with E-state index >= 15 is 0 Å². The van der Waals surface area contributed by atoms with Gasteiger partial charge in [0.25, 0.3) is 8.32 Å². The van der Waals surface area contributed by atoms with Crippen LogP contribution in [0.4, 0.5) is 5.69 Å². The largest absolute Gasteiger partial charge is 0.494 e. The van der Waals surface area contributed by atoms with Gasteiger partial charge >= 0.3 is 5.97 Å². The van der Waals surface area contributed by atoms with E-state index in [0.717, 1.165) is 19.4 Å². The number of aliphatic hydroxyl groups excluding tert-OH is 1. The third-order valence-electron chi connectivity index (χ3n) is 7.71. The van der Waals surface area contributed by atoms with Gasteiger partial charge in [-0.25, -0.2) is 10.7 Å². The van der Waals surface area contributed by atoms with Crippen molar-refractivity contribution in [2.24, 2.45) is 0 Å². The van der Waals surface area contributed by atoms with Gasteiger partial charge in [-0.2, -0.15) is 0 Å². The fraction of sp³-hybridized carbons (Fsp3) is 0.457. The number of carbonyl (C=O) groups is 1. The molecule has 3 aromatic rings. The number of hydrogen-bond acceptors (Lipinski definition) is 10. The van der Waals surface area contributed by atoms with Crippen LogP contribution in [0.2, 0.25) is 5.04 Å². The van der Waals surface area contributed by atoms with Crippen molar-refractivity contribution in [1.29, 1.82) is 1.43 Å². The second-order valence-corrected chi connectivity index (χ2v) is 16.3. The minimum atomic E-state index is -2.57. The molecule has 10 nitrogen and oxygen atoms in total. The molecule has 46 heavy (non-hydrogen) atoms. The highest BCUT2D eigenvalue weighted by Gasteiger charge is 2.49. The van der Waals surface area contributed by atoms with E-state index in [1.807, 2.05) is 12.1 Å². The quantitative estimate of drug-likeness (QED) is 0.0466. The Hall–Kier alpha value is -3.29. The third kappa shape index (κ3) is 11.2. The zero-order valence-corrected chi connectivity index (χ0v) is 28.5. The molecule has 0 bridgehead atoms. The highest BCUT2D eigenvalue weighted by atomic mass is 28.4. The van der Waals surface area contributed by atoms with Crippen molar-refractivity contribution < 1.29 is 38.8 Å². The average Bonchev–Trinajstić information content (AvgIpc) is 3.05. The minimum absolute atomic E-state index is 0.00159. The number of ether oxygens (including phenoxy) is 3. The molecule has 0 radical (unpaired) electrons. The van der Waals surface area contributed by atoms with Crippen molar-refractivity contribution in [2.45, 2.75) is 52.2 Å². The van der Waals surface area contributed by atoms with E-state index in [4.69, 9.17) is 25.3 Å². The van der Waals surface area contributed by atoms with Gasteiger partial charge in [0, 0.05) is 45.3 Å². The van der Waals surface area contributed by atoms with Gasteiger partial charge in [-0.15, -0.1) is 4.99 Å². The Morgan fingerprint density at radius 3 is 2.15 bits per heavy atom. The SMILES string of the molecule is [2H]OCc1cc(OCCCN(CCOCCCO[Si](c2ccccc2)(c2ccccc2)C(C)(C)C)CCOC(C)=O)ccc1NOO. The topological polar surface area (TPSA) is 119 Å². The standard InChI is InChI=1S/C35H50N2O8Si/c1-29(39)42-26-21-37(19-11-23-43-31-17-18-34(36-45-40)30(27-31)28-38)20-25-41-22-12-24-44-46(35(2,3)4,32-13-7-5-8-14-32)33-15-9-6-10-16-33/h5-10,13-18,27,36,38,40H,11-12,19-26,28H2,1-4H3/i38D. The lowest BCUT2D eigenvalue weighted by molar-refractivity contribution is -0.215. The second-order valence-electron chi connectivity index (χ2n) is 12.0. The third-order valence-corrected chi connectivity index (χ3v) is 12.8. The number of benzene rings is 3. The number of nitrogens with zero attached hydrogens (tertiary/aromatic N) is 1. The number of nitrogens with one attached hydrogen (secondary N) is 1. The van der Waals surface area contributed by atoms with Gasteiger partial charge in [-0.05, 0) is 46.5 Å². The van der Waals surface area contributed by atoms with Gasteiger partial charge in [0.15, 0.2) is 0 Å². The van der Waals surface area contributed by atoms with Crippen molar-refractivity contribution >= 4 is 30.3 Å². The van der Waals surface area contributed by atoms with Crippen LogP contribution in [0.25, 0.3) is 0 Å². The Morgan fingerprint density at radius 2 is 1.54 bits per heavy atom. The number of carbonyl (C=O) groups excluding carboxylic acids is 1. The average molecular weight is 656 g/mol. The van der Waals surface area contributed by atoms with Crippen LogP contribution in [0.15, 0.2) is 78.9 Å². The first-order valence-corrected chi connectivity index (χ1v) is 17.7. The predicted octanol–water partition coefficient (Wildman–Crippen LogP) is 4.61. The summed E-state index contributed by atoms with van der Waals surface area (Å²) in [6, 6.07) is 26.4. The van der Waals surface area contributed by atoms with E-state index < -0.39 is 8.32 Å². The monoisotopic (exact) mass is 655 g/mol. The zero-order chi connectivity index (χ0) is 34.0. The van der Waals surface area contributed by atoms with E-state index in [2.05, 4.69) is 89.8 Å². The van der Waals surface area contributed by atoms with Crippen LogP contribution in [-0.2, 0) is 30.3 Å². The van der Waals surface area contributed by atoms with E-state index in [-0.39, 0.29) is 17.6 Å². The number of hydrogen-bond donors (Lipinski definition) is 3. The fourth-order valence-electron chi connectivity index (χ4n) is 5.50. The molecule has 0 heterocycles. The van der Waals surface area contributed by atoms with Crippen molar-refractivity contribution in [3.8, 4) is 5.75 Å². The Bertz CT molecular complexity index is 1270. The molecule has 252 valence electrons. The van der Waals surface area contributed by atoms with Crippen LogP contribution >= 0.6 is 0 Å². The lowest BCUT2D eigenvalue weighted by Crippen LogP contribution is -2.66. The summed E-state index contributed by atoms with van der Waals surface area (Å²) in [5.74, 6) is 0.304. The number of aliphatic hydroxyl groups is 1. The maximum Gasteiger partial charge on any atom is 0.302 e. The van der Waals surface area contributed by atoms with Crippen LogP contribution in [0, 0.1) is 0 Å². The molecule has 0 unspecified atom stereocenters. The van der Waals surface area contributed by atoms with E-state index in [1.54, 1.807) is 18.2 Å². The first-order chi connectivity index (χ1) is 22.7. The first kappa shape index (κ1) is 35.6. The Balaban J connectivity index is 1.49. The highest BCUT2D eigenvalue weighted by molar-refractivity contribution is 6.99. The summed E-state index contributed by atoms with van der Waals surface area (Å²) in [4.78, 5) is 17.5. The van der Waals surface area contributed by atoms with E-state index in [0.29, 0.717) is 63.1 Å². The molecule has 0 saturated heterocycles. The van der Waals surface area contributed by atoms with Crippen LogP contribution < -0.4 is 20.6 Å². The molecule has 0 atom stereocenters. The first-order valence-electron chi connectivity index (χ1n) is 16.2. The number of rotatable bonds is 22. The normalized spacial score (nSPS) is 12.2. The molecular weight excluding hydrogens is 604 g/mol. The molecule has 3 rings (SSSR count). The van der Waals surface area contributed by atoms with Gasteiger partial charge in [0.1, 0.15) is 12.4 Å². The Morgan fingerprint density at radius 1 is 0.870 bits per heavy atom. The summed E-state index contributed by atoms with van der Waals surface area (Å²) >= 11 is 0. The highest BCUT2D eigenvalue weighted by Crippen LogP contribution is 2.36. The molecule has 0 aliphatic heterocycles. The Labute approximate surface area is 275 Å². The summed E-state index contributed by atoms with van der Waals surface area (Å²) < 4.78 is 31.1. The Kier molecular flexibility index (Phi) is 15.0. The van der Waals surface area contributed by atoms with Gasteiger partial charge in [-0.3, -0.25) is 9.69 Å². The minimum Gasteiger partial charge on any atom is -0.494 e. The van der Waals surface area contributed by atoms with Gasteiger partial charge in [0.05, 0.1) is 25.5 Å². The van der Waals surface area contributed by atoms with Crippen LogP contribution in [-0.4, -0.2) is 83.7 Å². The summed E-state index contributed by atoms with van der Waals surface area (Å²) in [6.07, 6.45) is 1.51. The maximum absolute atomic E-state index is 11.3. The molecule has 0 amide bonds. The summed E-state index contributed by atoms with van der Waals surface area (Å²) in [6.45, 7) is 12.7. The van der Waals surface area contributed by atoms with Crippen LogP contribution in [0.3, 0.4) is 0 Å². The molecule has 0 aliphatic carbocycles.